The summed E-state index contributed by atoms with van der Waals surface area (Å²) in [4.78, 5) is 0. The smallest absolute Gasteiger partial charge is 0.123 e. The molecule has 0 atom stereocenters. The summed E-state index contributed by atoms with van der Waals surface area (Å²) in [7, 11) is 0. The number of rotatable bonds is 6. The first kappa shape index (κ1) is 14.6. The van der Waals surface area contributed by atoms with Crippen molar-refractivity contribution in [1.29, 1.82) is 0 Å². The zero-order valence-electron chi connectivity index (χ0n) is 12.5. The van der Waals surface area contributed by atoms with Crippen LogP contribution in [-0.2, 0) is 13.1 Å². The number of aryl methyl sites for hydroxylation is 2. The Bertz CT molecular complexity index is 575. The number of nitrogens with two attached hydrogens (primary N) is 1. The number of nitrogens with zero attached hydrogens (tertiary/aromatic N) is 2. The second-order valence-corrected chi connectivity index (χ2v) is 5.03. The third-order valence-corrected chi connectivity index (χ3v) is 3.71. The van der Waals surface area contributed by atoms with E-state index in [-0.39, 0.29) is 0 Å². The van der Waals surface area contributed by atoms with Crippen molar-refractivity contribution in [3.8, 4) is 5.75 Å². The van der Waals surface area contributed by atoms with Crippen LogP contribution in [0, 0.1) is 20.8 Å². The molecule has 4 heteroatoms. The lowest BCUT2D eigenvalue weighted by atomic mass is 10.2. The van der Waals surface area contributed by atoms with Crippen molar-refractivity contribution in [2.45, 2.75) is 40.3 Å². The second-order valence-electron chi connectivity index (χ2n) is 5.03. The molecule has 0 bridgehead atoms. The van der Waals surface area contributed by atoms with E-state index in [1.54, 1.807) is 0 Å². The van der Waals surface area contributed by atoms with Crippen molar-refractivity contribution in [2.75, 3.05) is 6.61 Å². The van der Waals surface area contributed by atoms with E-state index in [0.29, 0.717) is 13.2 Å². The third kappa shape index (κ3) is 3.20. The van der Waals surface area contributed by atoms with Crippen LogP contribution >= 0.6 is 0 Å². The van der Waals surface area contributed by atoms with Crippen LogP contribution in [0.25, 0.3) is 0 Å². The van der Waals surface area contributed by atoms with Crippen LogP contribution in [0.3, 0.4) is 0 Å². The number of aromatic nitrogens is 2. The van der Waals surface area contributed by atoms with Gasteiger partial charge in [-0.2, -0.15) is 5.10 Å². The molecule has 0 unspecified atom stereocenters. The van der Waals surface area contributed by atoms with Gasteiger partial charge >= 0.3 is 0 Å². The molecule has 0 saturated carbocycles. The first-order chi connectivity index (χ1) is 9.63. The van der Waals surface area contributed by atoms with Gasteiger partial charge in [0, 0.05) is 30.8 Å². The monoisotopic (exact) mass is 273 g/mol. The van der Waals surface area contributed by atoms with Gasteiger partial charge in [-0.25, -0.2) is 0 Å². The fourth-order valence-corrected chi connectivity index (χ4v) is 2.21. The Kier molecular flexibility index (Phi) is 4.79. The zero-order valence-corrected chi connectivity index (χ0v) is 12.5. The van der Waals surface area contributed by atoms with Crippen LogP contribution < -0.4 is 10.5 Å². The Balaban J connectivity index is 1.86. The minimum Gasteiger partial charge on any atom is -0.493 e. The first-order valence-electron chi connectivity index (χ1n) is 7.05. The molecule has 1 aromatic carbocycles. The van der Waals surface area contributed by atoms with Crippen LogP contribution in [0.1, 0.15) is 28.9 Å². The van der Waals surface area contributed by atoms with Crippen molar-refractivity contribution in [2.24, 2.45) is 5.73 Å². The fraction of sp³-hybridized carbons (Fsp3) is 0.438. The van der Waals surface area contributed by atoms with Gasteiger partial charge < -0.3 is 10.5 Å². The molecule has 0 radical (unpaired) electrons. The number of hydrogen-bond donors (Lipinski definition) is 1. The van der Waals surface area contributed by atoms with Crippen molar-refractivity contribution in [3.05, 3.63) is 46.8 Å². The Hall–Kier alpha value is -1.81. The van der Waals surface area contributed by atoms with E-state index in [4.69, 9.17) is 10.5 Å². The maximum absolute atomic E-state index is 5.81. The van der Waals surface area contributed by atoms with Crippen molar-refractivity contribution >= 4 is 0 Å². The normalized spacial score (nSPS) is 10.8. The predicted molar refractivity (Wildman–Crippen MR) is 80.9 cm³/mol. The number of ether oxygens (including phenoxy) is 1. The molecule has 0 aliphatic heterocycles. The summed E-state index contributed by atoms with van der Waals surface area (Å²) in [5.74, 6) is 0.888. The molecule has 2 aromatic rings. The molecular formula is C16H23N3O. The highest BCUT2D eigenvalue weighted by Gasteiger charge is 2.07. The zero-order chi connectivity index (χ0) is 14.5. The van der Waals surface area contributed by atoms with E-state index in [2.05, 4.69) is 23.6 Å². The van der Waals surface area contributed by atoms with E-state index in [0.717, 1.165) is 30.0 Å². The molecule has 2 N–H and O–H groups in total. The highest BCUT2D eigenvalue weighted by Crippen LogP contribution is 2.17. The van der Waals surface area contributed by atoms with Crippen LogP contribution in [0.2, 0.25) is 0 Å². The maximum atomic E-state index is 5.81. The molecule has 0 amide bonds. The minimum atomic E-state index is 0.507. The van der Waals surface area contributed by atoms with Gasteiger partial charge in [-0.3, -0.25) is 4.68 Å². The number of hydrogen-bond acceptors (Lipinski definition) is 3. The van der Waals surface area contributed by atoms with Crippen LogP contribution in [-0.4, -0.2) is 16.4 Å². The van der Waals surface area contributed by atoms with Gasteiger partial charge in [-0.1, -0.05) is 18.2 Å². The molecule has 0 aliphatic carbocycles. The lowest BCUT2D eigenvalue weighted by molar-refractivity contribution is 0.295. The lowest BCUT2D eigenvalue weighted by Gasteiger charge is -2.10. The molecule has 108 valence electrons. The lowest BCUT2D eigenvalue weighted by Crippen LogP contribution is -2.09. The van der Waals surface area contributed by atoms with Crippen LogP contribution in [0.4, 0.5) is 0 Å². The van der Waals surface area contributed by atoms with Gasteiger partial charge in [0.25, 0.3) is 0 Å². The molecule has 0 fully saturated rings. The third-order valence-electron chi connectivity index (χ3n) is 3.71. The first-order valence-corrected chi connectivity index (χ1v) is 7.05. The van der Waals surface area contributed by atoms with Crippen molar-refractivity contribution < 1.29 is 4.74 Å². The predicted octanol–water partition coefficient (Wildman–Crippen LogP) is 2.74. The van der Waals surface area contributed by atoms with Crippen molar-refractivity contribution in [3.63, 3.8) is 0 Å². The van der Waals surface area contributed by atoms with E-state index >= 15 is 0 Å². The summed E-state index contributed by atoms with van der Waals surface area (Å²) in [6, 6.07) is 7.92. The van der Waals surface area contributed by atoms with E-state index in [1.807, 2.05) is 31.2 Å². The SMILES string of the molecule is Cc1nn(CCCOc2ccccc2CN)c(C)c1C. The second kappa shape index (κ2) is 6.57. The van der Waals surface area contributed by atoms with Crippen LogP contribution in [0.15, 0.2) is 24.3 Å². The summed E-state index contributed by atoms with van der Waals surface area (Å²) in [5, 5.41) is 4.53. The quantitative estimate of drug-likeness (QED) is 0.823. The molecule has 0 spiro atoms. The van der Waals surface area contributed by atoms with Gasteiger partial charge in [-0.05, 0) is 32.4 Å². The molecule has 2 rings (SSSR count). The topological polar surface area (TPSA) is 53.1 Å². The highest BCUT2D eigenvalue weighted by atomic mass is 16.5. The Morgan fingerprint density at radius 1 is 1.20 bits per heavy atom. The van der Waals surface area contributed by atoms with E-state index < -0.39 is 0 Å². The fourth-order valence-electron chi connectivity index (χ4n) is 2.21. The summed E-state index contributed by atoms with van der Waals surface area (Å²) < 4.78 is 7.86. The molecule has 1 heterocycles. The van der Waals surface area contributed by atoms with Gasteiger partial charge in [-0.15, -0.1) is 0 Å². The molecule has 20 heavy (non-hydrogen) atoms. The van der Waals surface area contributed by atoms with Gasteiger partial charge in [0.1, 0.15) is 5.75 Å². The Labute approximate surface area is 120 Å². The molecule has 1 aromatic heterocycles. The molecule has 0 aliphatic rings. The van der Waals surface area contributed by atoms with E-state index in [9.17, 15) is 0 Å². The Morgan fingerprint density at radius 3 is 2.60 bits per heavy atom. The largest absolute Gasteiger partial charge is 0.493 e. The van der Waals surface area contributed by atoms with Crippen molar-refractivity contribution in [1.82, 2.24) is 9.78 Å². The highest BCUT2D eigenvalue weighted by molar-refractivity contribution is 5.32. The molecule has 0 saturated heterocycles. The number of para-hydroxylation sites is 1. The van der Waals surface area contributed by atoms with Gasteiger partial charge in [0.2, 0.25) is 0 Å². The van der Waals surface area contributed by atoms with Crippen LogP contribution in [0.5, 0.6) is 5.75 Å². The summed E-state index contributed by atoms with van der Waals surface area (Å²) in [5.41, 5.74) is 10.4. The molecular weight excluding hydrogens is 250 g/mol. The Morgan fingerprint density at radius 2 is 1.95 bits per heavy atom. The molecule has 4 nitrogen and oxygen atoms in total. The standard InChI is InChI=1S/C16H23N3O/c1-12-13(2)18-19(14(12)3)9-6-10-20-16-8-5-4-7-15(16)11-17/h4-5,7-8H,6,9-11,17H2,1-3H3. The minimum absolute atomic E-state index is 0.507. The van der Waals surface area contributed by atoms with Gasteiger partial charge in [0.05, 0.1) is 12.3 Å². The maximum Gasteiger partial charge on any atom is 0.123 e. The average Bonchev–Trinajstić information content (AvgIpc) is 2.71. The summed E-state index contributed by atoms with van der Waals surface area (Å²) in [6.45, 7) is 8.33. The average molecular weight is 273 g/mol. The van der Waals surface area contributed by atoms with Gasteiger partial charge in [0.15, 0.2) is 0 Å². The number of benzene rings is 1. The summed E-state index contributed by atoms with van der Waals surface area (Å²) >= 11 is 0. The summed E-state index contributed by atoms with van der Waals surface area (Å²) in [6.07, 6.45) is 0.931. The van der Waals surface area contributed by atoms with E-state index in [1.165, 1.54) is 11.3 Å².